The molecule has 0 aromatic heterocycles. The highest BCUT2D eigenvalue weighted by atomic mass is 16.5. The lowest BCUT2D eigenvalue weighted by Gasteiger charge is -2.25. The van der Waals surface area contributed by atoms with Gasteiger partial charge in [-0.05, 0) is 32.4 Å². The number of hydrogen-bond donors (Lipinski definition) is 1. The average molecular weight is 228 g/mol. The Morgan fingerprint density at radius 2 is 2.06 bits per heavy atom. The van der Waals surface area contributed by atoms with Gasteiger partial charge >= 0.3 is 6.09 Å². The molecule has 0 aromatic rings. The van der Waals surface area contributed by atoms with E-state index in [0.717, 1.165) is 39.0 Å². The van der Waals surface area contributed by atoms with E-state index in [-0.39, 0.29) is 6.09 Å². The summed E-state index contributed by atoms with van der Waals surface area (Å²) >= 11 is 0. The van der Waals surface area contributed by atoms with Crippen LogP contribution in [0.15, 0.2) is 0 Å². The molecule has 0 radical (unpaired) electrons. The molecule has 4 nitrogen and oxygen atoms in total. The van der Waals surface area contributed by atoms with Crippen LogP contribution in [0.4, 0.5) is 4.79 Å². The SMILES string of the molecule is CCCCNC(=O)OCCN1CCCCC1. The minimum absolute atomic E-state index is 0.273. The van der Waals surface area contributed by atoms with Crippen LogP contribution in [-0.4, -0.2) is 43.8 Å². The molecule has 0 aliphatic carbocycles. The standard InChI is InChI=1S/C12H24N2O2/c1-2-3-7-13-12(15)16-11-10-14-8-5-4-6-9-14/h2-11H2,1H3,(H,13,15). The van der Waals surface area contributed by atoms with Gasteiger partial charge in [0.15, 0.2) is 0 Å². The van der Waals surface area contributed by atoms with Gasteiger partial charge in [0, 0.05) is 13.1 Å². The Morgan fingerprint density at radius 3 is 2.75 bits per heavy atom. The van der Waals surface area contributed by atoms with Gasteiger partial charge in [0.1, 0.15) is 6.61 Å². The lowest BCUT2D eigenvalue weighted by Crippen LogP contribution is -2.34. The zero-order valence-corrected chi connectivity index (χ0v) is 10.3. The highest BCUT2D eigenvalue weighted by Crippen LogP contribution is 2.07. The van der Waals surface area contributed by atoms with E-state index in [1.54, 1.807) is 0 Å². The van der Waals surface area contributed by atoms with Crippen molar-refractivity contribution in [1.29, 1.82) is 0 Å². The first-order valence-electron chi connectivity index (χ1n) is 6.46. The molecule has 94 valence electrons. The maximum Gasteiger partial charge on any atom is 0.407 e. The highest BCUT2D eigenvalue weighted by Gasteiger charge is 2.10. The second-order valence-corrected chi connectivity index (χ2v) is 4.32. The van der Waals surface area contributed by atoms with E-state index in [0.29, 0.717) is 6.61 Å². The lowest BCUT2D eigenvalue weighted by atomic mass is 10.1. The minimum Gasteiger partial charge on any atom is -0.448 e. The molecular formula is C12H24N2O2. The third-order valence-electron chi connectivity index (χ3n) is 2.89. The van der Waals surface area contributed by atoms with Crippen molar-refractivity contribution in [3.63, 3.8) is 0 Å². The summed E-state index contributed by atoms with van der Waals surface area (Å²) in [5, 5.41) is 2.74. The molecule has 1 amide bonds. The van der Waals surface area contributed by atoms with Crippen LogP contribution in [0.25, 0.3) is 0 Å². The second-order valence-electron chi connectivity index (χ2n) is 4.32. The van der Waals surface area contributed by atoms with E-state index >= 15 is 0 Å². The number of amides is 1. The number of carbonyl (C=O) groups is 1. The molecule has 4 heteroatoms. The fourth-order valence-electron chi connectivity index (χ4n) is 1.87. The average Bonchev–Trinajstić information content (AvgIpc) is 2.31. The monoisotopic (exact) mass is 228 g/mol. The van der Waals surface area contributed by atoms with Crippen molar-refractivity contribution in [1.82, 2.24) is 10.2 Å². The molecule has 1 aliphatic rings. The molecule has 0 aromatic carbocycles. The van der Waals surface area contributed by atoms with Gasteiger partial charge in [0.25, 0.3) is 0 Å². The van der Waals surface area contributed by atoms with Crippen LogP contribution in [0.3, 0.4) is 0 Å². The van der Waals surface area contributed by atoms with Crippen molar-refractivity contribution < 1.29 is 9.53 Å². The Labute approximate surface area is 98.3 Å². The number of nitrogens with one attached hydrogen (secondary N) is 1. The fourth-order valence-corrected chi connectivity index (χ4v) is 1.87. The predicted molar refractivity (Wildman–Crippen MR) is 64.5 cm³/mol. The van der Waals surface area contributed by atoms with Crippen LogP contribution in [-0.2, 0) is 4.74 Å². The summed E-state index contributed by atoms with van der Waals surface area (Å²) in [4.78, 5) is 13.6. The number of piperidine rings is 1. The van der Waals surface area contributed by atoms with Gasteiger partial charge in [0.2, 0.25) is 0 Å². The maximum atomic E-state index is 11.2. The Kier molecular flexibility index (Phi) is 6.97. The van der Waals surface area contributed by atoms with Crippen LogP contribution >= 0.6 is 0 Å². The largest absolute Gasteiger partial charge is 0.448 e. The van der Waals surface area contributed by atoms with Crippen LogP contribution in [0.5, 0.6) is 0 Å². The fraction of sp³-hybridized carbons (Fsp3) is 0.917. The molecule has 0 unspecified atom stereocenters. The molecule has 1 fully saturated rings. The molecule has 1 aliphatic heterocycles. The molecule has 16 heavy (non-hydrogen) atoms. The van der Waals surface area contributed by atoms with E-state index in [1.165, 1.54) is 19.3 Å². The van der Waals surface area contributed by atoms with Crippen LogP contribution in [0, 0.1) is 0 Å². The Balaban J connectivity index is 1.94. The molecule has 0 saturated carbocycles. The van der Waals surface area contributed by atoms with E-state index in [1.807, 2.05) is 0 Å². The number of alkyl carbamates (subject to hydrolysis) is 1. The van der Waals surface area contributed by atoms with E-state index in [9.17, 15) is 4.79 Å². The van der Waals surface area contributed by atoms with Crippen molar-refractivity contribution in [3.8, 4) is 0 Å². The quantitative estimate of drug-likeness (QED) is 0.707. The van der Waals surface area contributed by atoms with Gasteiger partial charge in [-0.2, -0.15) is 0 Å². The molecule has 1 rings (SSSR count). The topological polar surface area (TPSA) is 41.6 Å². The zero-order valence-electron chi connectivity index (χ0n) is 10.3. The number of nitrogens with zero attached hydrogens (tertiary/aromatic N) is 1. The molecule has 0 bridgehead atoms. The van der Waals surface area contributed by atoms with Crippen molar-refractivity contribution in [2.75, 3.05) is 32.8 Å². The summed E-state index contributed by atoms with van der Waals surface area (Å²) in [6, 6.07) is 0. The first-order chi connectivity index (χ1) is 7.83. The smallest absolute Gasteiger partial charge is 0.407 e. The second kappa shape index (κ2) is 8.39. The summed E-state index contributed by atoms with van der Waals surface area (Å²) in [6.45, 7) is 6.52. The van der Waals surface area contributed by atoms with Crippen LogP contribution in [0.2, 0.25) is 0 Å². The molecule has 0 atom stereocenters. The summed E-state index contributed by atoms with van der Waals surface area (Å²) in [5.74, 6) is 0. The molecule has 1 N–H and O–H groups in total. The van der Waals surface area contributed by atoms with Crippen molar-refractivity contribution >= 4 is 6.09 Å². The van der Waals surface area contributed by atoms with Gasteiger partial charge < -0.3 is 10.1 Å². The molecular weight excluding hydrogens is 204 g/mol. The van der Waals surface area contributed by atoms with E-state index in [2.05, 4.69) is 17.1 Å². The van der Waals surface area contributed by atoms with Gasteiger partial charge in [-0.1, -0.05) is 19.8 Å². The van der Waals surface area contributed by atoms with Crippen molar-refractivity contribution in [2.45, 2.75) is 39.0 Å². The summed E-state index contributed by atoms with van der Waals surface area (Å²) in [5.41, 5.74) is 0. The zero-order chi connectivity index (χ0) is 11.6. The number of likely N-dealkylation sites (tertiary alicyclic amines) is 1. The lowest BCUT2D eigenvalue weighted by molar-refractivity contribution is 0.120. The predicted octanol–water partition coefficient (Wildman–Crippen LogP) is 2.00. The normalized spacial score (nSPS) is 17.1. The maximum absolute atomic E-state index is 11.2. The number of hydrogen-bond acceptors (Lipinski definition) is 3. The Hall–Kier alpha value is -0.770. The van der Waals surface area contributed by atoms with E-state index < -0.39 is 0 Å². The Bertz CT molecular complexity index is 191. The minimum atomic E-state index is -0.273. The first kappa shape index (κ1) is 13.3. The first-order valence-corrected chi connectivity index (χ1v) is 6.46. The van der Waals surface area contributed by atoms with E-state index in [4.69, 9.17) is 4.74 Å². The Morgan fingerprint density at radius 1 is 1.31 bits per heavy atom. The highest BCUT2D eigenvalue weighted by molar-refractivity contribution is 5.66. The number of unbranched alkanes of at least 4 members (excludes halogenated alkanes) is 1. The summed E-state index contributed by atoms with van der Waals surface area (Å²) < 4.78 is 5.10. The van der Waals surface area contributed by atoms with Crippen LogP contribution < -0.4 is 5.32 Å². The molecule has 1 heterocycles. The van der Waals surface area contributed by atoms with Crippen molar-refractivity contribution in [3.05, 3.63) is 0 Å². The van der Waals surface area contributed by atoms with Gasteiger partial charge in [-0.25, -0.2) is 4.79 Å². The number of carbonyl (C=O) groups excluding carboxylic acids is 1. The summed E-state index contributed by atoms with van der Waals surface area (Å²) in [6.07, 6.45) is 5.74. The number of rotatable bonds is 6. The number of ether oxygens (including phenoxy) is 1. The van der Waals surface area contributed by atoms with Gasteiger partial charge in [-0.3, -0.25) is 4.90 Å². The molecule has 1 saturated heterocycles. The van der Waals surface area contributed by atoms with Crippen LogP contribution in [0.1, 0.15) is 39.0 Å². The van der Waals surface area contributed by atoms with Crippen molar-refractivity contribution in [2.24, 2.45) is 0 Å². The third-order valence-corrected chi connectivity index (χ3v) is 2.89. The van der Waals surface area contributed by atoms with Gasteiger partial charge in [0.05, 0.1) is 0 Å². The summed E-state index contributed by atoms with van der Waals surface area (Å²) in [7, 11) is 0. The van der Waals surface area contributed by atoms with Gasteiger partial charge in [-0.15, -0.1) is 0 Å². The third kappa shape index (κ3) is 5.95. The molecule has 0 spiro atoms.